The molecular formula is C7H16S. The van der Waals surface area contributed by atoms with Crippen LogP contribution in [-0.2, 0) is 0 Å². The van der Waals surface area contributed by atoms with E-state index in [9.17, 15) is 0 Å². The van der Waals surface area contributed by atoms with E-state index >= 15 is 0 Å². The van der Waals surface area contributed by atoms with E-state index in [2.05, 4.69) is 0 Å². The summed E-state index contributed by atoms with van der Waals surface area (Å²) in [4.78, 5) is 0. The van der Waals surface area contributed by atoms with Gasteiger partial charge in [0.2, 0.25) is 0 Å². The summed E-state index contributed by atoms with van der Waals surface area (Å²) in [5.41, 5.74) is 0. The Kier molecular flexibility index (Phi) is 5.73. The average molecular weight is 132 g/mol. The fourth-order valence-corrected chi connectivity index (χ4v) is 1.24. The van der Waals surface area contributed by atoms with Crippen LogP contribution in [-0.4, -0.2) is 0 Å². The van der Waals surface area contributed by atoms with E-state index in [1.165, 1.54) is 44.9 Å². The Morgan fingerprint density at radius 3 is 0.625 bits per heavy atom. The second kappa shape index (κ2) is 5.49. The lowest BCUT2D eigenvalue weighted by atomic mass is 10.2. The molecule has 0 aromatic carbocycles. The fraction of sp³-hybridized carbons (Fsp3) is 1.00. The van der Waals surface area contributed by atoms with Gasteiger partial charge in [-0.2, -0.15) is 13.5 Å². The summed E-state index contributed by atoms with van der Waals surface area (Å²) in [5.74, 6) is 0. The van der Waals surface area contributed by atoms with Gasteiger partial charge >= 0.3 is 0 Å². The molecule has 0 N–H and O–H groups in total. The summed E-state index contributed by atoms with van der Waals surface area (Å²) < 4.78 is 0. The summed E-state index contributed by atoms with van der Waals surface area (Å²) in [6.07, 6.45) is 10.5. The van der Waals surface area contributed by atoms with Crippen LogP contribution < -0.4 is 0 Å². The minimum atomic E-state index is 0. The van der Waals surface area contributed by atoms with Crippen molar-refractivity contribution in [2.75, 3.05) is 0 Å². The quantitative estimate of drug-likeness (QED) is 0.445. The van der Waals surface area contributed by atoms with Crippen molar-refractivity contribution in [2.45, 2.75) is 44.9 Å². The highest BCUT2D eigenvalue weighted by Crippen LogP contribution is 2.15. The molecule has 1 aliphatic rings. The number of hydrogen-bond acceptors (Lipinski definition) is 0. The molecule has 0 aromatic rings. The average Bonchev–Trinajstić information content (AvgIpc) is 1.90. The first-order valence-electron chi connectivity index (χ1n) is 3.50. The molecule has 0 aromatic heterocycles. The zero-order valence-electron chi connectivity index (χ0n) is 5.45. The molecule has 1 fully saturated rings. The van der Waals surface area contributed by atoms with E-state index in [0.29, 0.717) is 0 Å². The van der Waals surface area contributed by atoms with Gasteiger partial charge in [0.05, 0.1) is 0 Å². The molecule has 0 unspecified atom stereocenters. The van der Waals surface area contributed by atoms with Gasteiger partial charge in [0.15, 0.2) is 0 Å². The first-order valence-corrected chi connectivity index (χ1v) is 3.50. The van der Waals surface area contributed by atoms with Gasteiger partial charge in [-0.15, -0.1) is 0 Å². The molecule has 0 radical (unpaired) electrons. The van der Waals surface area contributed by atoms with Gasteiger partial charge in [0, 0.05) is 0 Å². The summed E-state index contributed by atoms with van der Waals surface area (Å²) in [7, 11) is 0. The molecule has 0 heterocycles. The topological polar surface area (TPSA) is 0 Å². The Bertz CT molecular complexity index is 24.0. The van der Waals surface area contributed by atoms with Crippen molar-refractivity contribution >= 4 is 13.5 Å². The van der Waals surface area contributed by atoms with Crippen LogP contribution in [0.2, 0.25) is 0 Å². The maximum atomic E-state index is 1.50. The van der Waals surface area contributed by atoms with Gasteiger partial charge in [0.25, 0.3) is 0 Å². The molecular weight excluding hydrogens is 116 g/mol. The van der Waals surface area contributed by atoms with Gasteiger partial charge in [-0.1, -0.05) is 44.9 Å². The van der Waals surface area contributed by atoms with Gasteiger partial charge in [-0.05, 0) is 0 Å². The highest BCUT2D eigenvalue weighted by atomic mass is 32.1. The predicted octanol–water partition coefficient (Wildman–Crippen LogP) is 2.84. The Morgan fingerprint density at radius 1 is 0.375 bits per heavy atom. The molecule has 8 heavy (non-hydrogen) atoms. The van der Waals surface area contributed by atoms with Crippen molar-refractivity contribution in [3.63, 3.8) is 0 Å². The number of rotatable bonds is 0. The molecule has 0 amide bonds. The van der Waals surface area contributed by atoms with E-state index < -0.39 is 0 Å². The predicted molar refractivity (Wildman–Crippen MR) is 42.7 cm³/mol. The van der Waals surface area contributed by atoms with Gasteiger partial charge in [-0.25, -0.2) is 0 Å². The third kappa shape index (κ3) is 3.36. The summed E-state index contributed by atoms with van der Waals surface area (Å²) in [5, 5.41) is 0. The molecule has 0 nitrogen and oxygen atoms in total. The SMILES string of the molecule is C1CCCCCC1.S. The molecule has 0 saturated heterocycles. The molecule has 0 aliphatic heterocycles. The first-order chi connectivity index (χ1) is 3.50. The van der Waals surface area contributed by atoms with Crippen molar-refractivity contribution in [1.82, 2.24) is 0 Å². The molecule has 1 saturated carbocycles. The molecule has 50 valence electrons. The monoisotopic (exact) mass is 132 g/mol. The Hall–Kier alpha value is 0.350. The van der Waals surface area contributed by atoms with Crippen LogP contribution in [0.25, 0.3) is 0 Å². The van der Waals surface area contributed by atoms with Crippen molar-refractivity contribution in [2.24, 2.45) is 0 Å². The molecule has 0 atom stereocenters. The van der Waals surface area contributed by atoms with Crippen LogP contribution in [0.1, 0.15) is 44.9 Å². The third-order valence-corrected chi connectivity index (χ3v) is 1.75. The van der Waals surface area contributed by atoms with E-state index in [-0.39, 0.29) is 13.5 Å². The zero-order valence-corrected chi connectivity index (χ0v) is 6.45. The largest absolute Gasteiger partial charge is 0.197 e. The molecule has 1 heteroatoms. The Morgan fingerprint density at radius 2 is 0.500 bits per heavy atom. The lowest BCUT2D eigenvalue weighted by molar-refractivity contribution is 0.702. The van der Waals surface area contributed by atoms with Crippen molar-refractivity contribution in [1.29, 1.82) is 0 Å². The smallest absolute Gasteiger partial charge is 0.0533 e. The van der Waals surface area contributed by atoms with Crippen LogP contribution in [0.15, 0.2) is 0 Å². The van der Waals surface area contributed by atoms with E-state index in [4.69, 9.17) is 0 Å². The van der Waals surface area contributed by atoms with E-state index in [1.54, 1.807) is 0 Å². The summed E-state index contributed by atoms with van der Waals surface area (Å²) >= 11 is 0. The maximum absolute atomic E-state index is 1.50. The van der Waals surface area contributed by atoms with Crippen LogP contribution >= 0.6 is 13.5 Å². The zero-order chi connectivity index (χ0) is 4.95. The van der Waals surface area contributed by atoms with E-state index in [1.807, 2.05) is 0 Å². The summed E-state index contributed by atoms with van der Waals surface area (Å²) in [6.45, 7) is 0. The molecule has 0 spiro atoms. The highest BCUT2D eigenvalue weighted by Gasteiger charge is 1.95. The first kappa shape index (κ1) is 8.35. The lowest BCUT2D eigenvalue weighted by Gasteiger charge is -1.85. The third-order valence-electron chi connectivity index (χ3n) is 1.75. The van der Waals surface area contributed by atoms with Crippen LogP contribution in [0, 0.1) is 0 Å². The second-order valence-electron chi connectivity index (χ2n) is 2.47. The van der Waals surface area contributed by atoms with Gasteiger partial charge < -0.3 is 0 Å². The minimum Gasteiger partial charge on any atom is -0.197 e. The maximum Gasteiger partial charge on any atom is -0.0533 e. The van der Waals surface area contributed by atoms with Gasteiger partial charge in [0.1, 0.15) is 0 Å². The van der Waals surface area contributed by atoms with Crippen molar-refractivity contribution in [3.8, 4) is 0 Å². The lowest BCUT2D eigenvalue weighted by Crippen LogP contribution is -1.66. The minimum absolute atomic E-state index is 0. The second-order valence-corrected chi connectivity index (χ2v) is 2.47. The molecule has 0 bridgehead atoms. The van der Waals surface area contributed by atoms with Crippen LogP contribution in [0.4, 0.5) is 0 Å². The molecule has 1 rings (SSSR count). The fourth-order valence-electron chi connectivity index (χ4n) is 1.24. The Balaban J connectivity index is 0.000000490. The summed E-state index contributed by atoms with van der Waals surface area (Å²) in [6, 6.07) is 0. The standard InChI is InChI=1S/C7H14.H2S/c1-2-4-6-7-5-3-1;/h1-7H2;1H2. The van der Waals surface area contributed by atoms with Crippen LogP contribution in [0.5, 0.6) is 0 Å². The molecule has 1 aliphatic carbocycles. The Labute approximate surface area is 59.1 Å². The van der Waals surface area contributed by atoms with Crippen LogP contribution in [0.3, 0.4) is 0 Å². The van der Waals surface area contributed by atoms with E-state index in [0.717, 1.165) is 0 Å². The van der Waals surface area contributed by atoms with Crippen molar-refractivity contribution < 1.29 is 0 Å². The number of hydrogen-bond donors (Lipinski definition) is 0. The highest BCUT2D eigenvalue weighted by molar-refractivity contribution is 7.59. The normalized spacial score (nSPS) is 21.0. The van der Waals surface area contributed by atoms with Gasteiger partial charge in [-0.3, -0.25) is 0 Å². The van der Waals surface area contributed by atoms with Crippen molar-refractivity contribution in [3.05, 3.63) is 0 Å².